The van der Waals surface area contributed by atoms with Crippen LogP contribution in [0, 0.1) is 6.92 Å². The lowest BCUT2D eigenvalue weighted by atomic mass is 10.1. The topological polar surface area (TPSA) is 47.7 Å². The molecule has 0 spiro atoms. The van der Waals surface area contributed by atoms with Gasteiger partial charge in [-0.3, -0.25) is 4.90 Å². The first kappa shape index (κ1) is 12.7. The average molecular weight is 280 g/mol. The van der Waals surface area contributed by atoms with Crippen LogP contribution < -0.4 is 0 Å². The minimum Gasteiger partial charge on any atom is -0.361 e. The maximum atomic E-state index is 4.49. The Morgan fingerprint density at radius 1 is 1.33 bits per heavy atom. The molecule has 1 aliphatic rings. The number of imidazole rings is 1. The number of aryl methyl sites for hydroxylation is 1. The Morgan fingerprint density at radius 3 is 3.14 bits per heavy atom. The smallest absolute Gasteiger partial charge is 0.110 e. The number of rotatable bonds is 3. The van der Waals surface area contributed by atoms with Crippen LogP contribution >= 0.6 is 0 Å². The van der Waals surface area contributed by atoms with Crippen LogP contribution in [-0.2, 0) is 6.54 Å². The van der Waals surface area contributed by atoms with Gasteiger partial charge in [-0.25, -0.2) is 4.98 Å². The van der Waals surface area contributed by atoms with Crippen LogP contribution in [0.1, 0.15) is 29.4 Å². The Balaban J connectivity index is 1.46. The zero-order valence-electron chi connectivity index (χ0n) is 12.3. The summed E-state index contributed by atoms with van der Waals surface area (Å²) in [4.78, 5) is 13.6. The second kappa shape index (κ2) is 5.04. The van der Waals surface area contributed by atoms with Crippen LogP contribution in [0.4, 0.5) is 0 Å². The Morgan fingerprint density at radius 2 is 2.29 bits per heavy atom. The fourth-order valence-corrected chi connectivity index (χ4v) is 3.30. The molecule has 2 N–H and O–H groups in total. The third kappa shape index (κ3) is 2.47. The Bertz CT molecular complexity index is 755. The van der Waals surface area contributed by atoms with E-state index in [0.717, 1.165) is 31.2 Å². The molecular formula is C17H20N4. The molecule has 4 rings (SSSR count). The van der Waals surface area contributed by atoms with Gasteiger partial charge in [0, 0.05) is 42.6 Å². The second-order valence-electron chi connectivity index (χ2n) is 6.07. The van der Waals surface area contributed by atoms with Gasteiger partial charge in [0.05, 0.1) is 0 Å². The van der Waals surface area contributed by atoms with Gasteiger partial charge in [-0.15, -0.1) is 0 Å². The number of nitrogens with one attached hydrogen (secondary N) is 2. The van der Waals surface area contributed by atoms with Crippen LogP contribution in [0.25, 0.3) is 10.9 Å². The number of hydrogen-bond donors (Lipinski definition) is 2. The number of aromatic amines is 2. The van der Waals surface area contributed by atoms with Crippen molar-refractivity contribution in [2.24, 2.45) is 0 Å². The normalized spacial score (nSPS) is 19.6. The molecule has 3 heterocycles. The summed E-state index contributed by atoms with van der Waals surface area (Å²) in [5, 5.41) is 1.30. The van der Waals surface area contributed by atoms with Crippen molar-refractivity contribution in [1.29, 1.82) is 0 Å². The molecule has 1 fully saturated rings. The maximum absolute atomic E-state index is 4.49. The van der Waals surface area contributed by atoms with Crippen molar-refractivity contribution in [2.75, 3.05) is 13.1 Å². The highest BCUT2D eigenvalue weighted by molar-refractivity contribution is 5.79. The van der Waals surface area contributed by atoms with Gasteiger partial charge in [0.25, 0.3) is 0 Å². The zero-order valence-corrected chi connectivity index (χ0v) is 12.3. The summed E-state index contributed by atoms with van der Waals surface area (Å²) in [6, 6.07) is 8.82. The van der Waals surface area contributed by atoms with Crippen molar-refractivity contribution >= 4 is 10.9 Å². The summed E-state index contributed by atoms with van der Waals surface area (Å²) in [5.41, 5.74) is 3.75. The highest BCUT2D eigenvalue weighted by Gasteiger charge is 2.25. The molecule has 1 unspecified atom stereocenters. The molecule has 1 saturated heterocycles. The fraction of sp³-hybridized carbons (Fsp3) is 0.353. The summed E-state index contributed by atoms with van der Waals surface area (Å²) in [5.74, 6) is 1.70. The van der Waals surface area contributed by atoms with Gasteiger partial charge >= 0.3 is 0 Å². The van der Waals surface area contributed by atoms with Crippen molar-refractivity contribution in [1.82, 2.24) is 19.9 Å². The first-order valence-corrected chi connectivity index (χ1v) is 7.58. The molecule has 21 heavy (non-hydrogen) atoms. The largest absolute Gasteiger partial charge is 0.361 e. The van der Waals surface area contributed by atoms with Crippen LogP contribution in [0.2, 0.25) is 0 Å². The van der Waals surface area contributed by atoms with E-state index in [1.807, 2.05) is 12.4 Å². The third-order valence-corrected chi connectivity index (χ3v) is 4.41. The highest BCUT2D eigenvalue weighted by atomic mass is 15.2. The van der Waals surface area contributed by atoms with Crippen LogP contribution in [-0.4, -0.2) is 32.9 Å². The van der Waals surface area contributed by atoms with Crippen molar-refractivity contribution in [3.05, 3.63) is 53.7 Å². The average Bonchev–Trinajstić information content (AvgIpc) is 3.18. The Labute approximate surface area is 124 Å². The predicted octanol–water partition coefficient (Wildman–Crippen LogP) is 3.19. The molecule has 0 saturated carbocycles. The fourth-order valence-electron chi connectivity index (χ4n) is 3.30. The molecule has 2 aromatic heterocycles. The molecule has 1 atom stereocenters. The summed E-state index contributed by atoms with van der Waals surface area (Å²) in [6.45, 7) is 5.33. The van der Waals surface area contributed by atoms with Gasteiger partial charge in [-0.05, 0) is 49.0 Å². The molecular weight excluding hydrogens is 260 g/mol. The quantitative estimate of drug-likeness (QED) is 0.774. The first-order chi connectivity index (χ1) is 10.3. The molecule has 4 heteroatoms. The van der Waals surface area contributed by atoms with Gasteiger partial charge in [-0.2, -0.15) is 0 Å². The number of H-pyrrole nitrogens is 2. The zero-order chi connectivity index (χ0) is 14.2. The minimum atomic E-state index is 0.551. The Hall–Kier alpha value is -2.07. The van der Waals surface area contributed by atoms with Crippen LogP contribution in [0.15, 0.2) is 36.7 Å². The maximum Gasteiger partial charge on any atom is 0.110 e. The minimum absolute atomic E-state index is 0.551. The van der Waals surface area contributed by atoms with E-state index in [-0.39, 0.29) is 0 Å². The lowest BCUT2D eigenvalue weighted by Crippen LogP contribution is -2.19. The molecule has 3 aromatic rings. The van der Waals surface area contributed by atoms with Crippen LogP contribution in [0.5, 0.6) is 0 Å². The number of benzene rings is 1. The molecule has 108 valence electrons. The van der Waals surface area contributed by atoms with Gasteiger partial charge < -0.3 is 9.97 Å². The van der Waals surface area contributed by atoms with Gasteiger partial charge in [-0.1, -0.05) is 6.07 Å². The summed E-state index contributed by atoms with van der Waals surface area (Å²) >= 11 is 0. The van der Waals surface area contributed by atoms with E-state index >= 15 is 0 Å². The van der Waals surface area contributed by atoms with Gasteiger partial charge in [0.15, 0.2) is 0 Å². The molecule has 0 radical (unpaired) electrons. The molecule has 4 nitrogen and oxygen atoms in total. The first-order valence-electron chi connectivity index (χ1n) is 7.58. The van der Waals surface area contributed by atoms with E-state index in [2.05, 4.69) is 51.0 Å². The third-order valence-electron chi connectivity index (χ3n) is 4.41. The number of aromatic nitrogens is 3. The van der Waals surface area contributed by atoms with E-state index < -0.39 is 0 Å². The summed E-state index contributed by atoms with van der Waals surface area (Å²) in [6.07, 6.45) is 5.12. The number of fused-ring (bicyclic) bond motifs is 1. The number of hydrogen-bond acceptors (Lipinski definition) is 2. The van der Waals surface area contributed by atoms with Crippen LogP contribution in [0.3, 0.4) is 0 Å². The molecule has 1 aliphatic heterocycles. The SMILES string of the molecule is Cc1cnc(C2CCN(Cc3ccc4[nH]ccc4c3)C2)[nH]1. The molecule has 0 bridgehead atoms. The van der Waals surface area contributed by atoms with Crippen molar-refractivity contribution < 1.29 is 0 Å². The predicted molar refractivity (Wildman–Crippen MR) is 84.3 cm³/mol. The Kier molecular flexibility index (Phi) is 3.04. The van der Waals surface area contributed by atoms with E-state index in [1.54, 1.807) is 0 Å². The highest BCUT2D eigenvalue weighted by Crippen LogP contribution is 2.26. The standard InChI is InChI=1S/C17H20N4/c1-12-9-19-17(20-12)15-5-7-21(11-15)10-13-2-3-16-14(8-13)4-6-18-16/h2-4,6,8-9,15,18H,5,7,10-11H2,1H3,(H,19,20). The van der Waals surface area contributed by atoms with Crippen molar-refractivity contribution in [3.63, 3.8) is 0 Å². The summed E-state index contributed by atoms with van der Waals surface area (Å²) < 4.78 is 0. The van der Waals surface area contributed by atoms with E-state index in [9.17, 15) is 0 Å². The van der Waals surface area contributed by atoms with Gasteiger partial charge in [0.1, 0.15) is 5.82 Å². The molecule has 1 aromatic carbocycles. The van der Waals surface area contributed by atoms with Crippen molar-refractivity contribution in [2.45, 2.75) is 25.8 Å². The molecule has 0 aliphatic carbocycles. The second-order valence-corrected chi connectivity index (χ2v) is 6.07. The number of likely N-dealkylation sites (tertiary alicyclic amines) is 1. The monoisotopic (exact) mass is 280 g/mol. The van der Waals surface area contributed by atoms with E-state index in [0.29, 0.717) is 5.92 Å². The van der Waals surface area contributed by atoms with E-state index in [4.69, 9.17) is 0 Å². The summed E-state index contributed by atoms with van der Waals surface area (Å²) in [7, 11) is 0. The lowest BCUT2D eigenvalue weighted by Gasteiger charge is -2.15. The van der Waals surface area contributed by atoms with E-state index in [1.165, 1.54) is 22.9 Å². The lowest BCUT2D eigenvalue weighted by molar-refractivity contribution is 0.326. The van der Waals surface area contributed by atoms with Crippen molar-refractivity contribution in [3.8, 4) is 0 Å². The van der Waals surface area contributed by atoms with Gasteiger partial charge in [0.2, 0.25) is 0 Å². The number of nitrogens with zero attached hydrogens (tertiary/aromatic N) is 2. The molecule has 0 amide bonds.